The fraction of sp³-hybridized carbons (Fsp3) is 0.440. The minimum Gasteiger partial charge on any atom is -0.395 e. The summed E-state index contributed by atoms with van der Waals surface area (Å²) in [5, 5.41) is 11.5. The first-order chi connectivity index (χ1) is 17.5. The number of aliphatic hydroxyl groups is 1. The molecule has 37 heavy (non-hydrogen) atoms. The van der Waals surface area contributed by atoms with Crippen molar-refractivity contribution in [3.05, 3.63) is 64.2 Å². The molecule has 3 atom stereocenters. The molecule has 0 unspecified atom stereocenters. The van der Waals surface area contributed by atoms with Gasteiger partial charge in [0.15, 0.2) is 9.84 Å². The maximum atomic E-state index is 14.7. The number of ether oxygens (including phenoxy) is 1. The third-order valence-corrected chi connectivity index (χ3v) is 8.66. The minimum absolute atomic E-state index is 0.0313. The molecule has 2 aliphatic heterocycles. The largest absolute Gasteiger partial charge is 0.395 e. The Labute approximate surface area is 218 Å². The molecule has 0 radical (unpaired) electrons. The van der Waals surface area contributed by atoms with Crippen molar-refractivity contribution < 1.29 is 36.6 Å². The van der Waals surface area contributed by atoms with Gasteiger partial charge in [-0.05, 0) is 42.7 Å². The highest BCUT2D eigenvalue weighted by Gasteiger charge is 2.41. The highest BCUT2D eigenvalue weighted by molar-refractivity contribution is 7.91. The van der Waals surface area contributed by atoms with Gasteiger partial charge in [-0.25, -0.2) is 17.2 Å². The van der Waals surface area contributed by atoms with Crippen molar-refractivity contribution in [2.75, 3.05) is 32.1 Å². The summed E-state index contributed by atoms with van der Waals surface area (Å²) >= 11 is 5.69. The first-order valence-electron chi connectivity index (χ1n) is 11.8. The zero-order valence-corrected chi connectivity index (χ0v) is 21.6. The number of hydrogen-bond donors (Lipinski definition) is 2. The number of rotatable bonds is 8. The third kappa shape index (κ3) is 5.79. The number of aliphatic hydroxyl groups excluding tert-OH is 1. The molecule has 0 aromatic heterocycles. The van der Waals surface area contributed by atoms with Crippen LogP contribution in [0.2, 0.25) is 5.02 Å². The second-order valence-electron chi connectivity index (χ2n) is 9.46. The number of carbonyl (C=O) groups excluding carboxylic acids is 2. The van der Waals surface area contributed by atoms with Gasteiger partial charge in [-0.15, -0.1) is 0 Å². The van der Waals surface area contributed by atoms with E-state index < -0.39 is 57.7 Å². The van der Waals surface area contributed by atoms with Crippen LogP contribution in [-0.2, 0) is 19.4 Å². The second kappa shape index (κ2) is 11.0. The van der Waals surface area contributed by atoms with Gasteiger partial charge in [-0.3, -0.25) is 9.59 Å². The van der Waals surface area contributed by atoms with Gasteiger partial charge in [0.25, 0.3) is 5.91 Å². The smallest absolute Gasteiger partial charge is 0.254 e. The van der Waals surface area contributed by atoms with Crippen molar-refractivity contribution in [3.63, 3.8) is 0 Å². The van der Waals surface area contributed by atoms with E-state index in [-0.39, 0.29) is 52.6 Å². The lowest BCUT2D eigenvalue weighted by molar-refractivity contribution is -0.128. The van der Waals surface area contributed by atoms with Crippen molar-refractivity contribution in [3.8, 4) is 0 Å². The topological polar surface area (TPSA) is 113 Å². The normalized spacial score (nSPS) is 20.9. The van der Waals surface area contributed by atoms with E-state index in [9.17, 15) is 26.8 Å². The average molecular weight is 557 g/mol. The van der Waals surface area contributed by atoms with Crippen LogP contribution in [0.4, 0.5) is 8.78 Å². The number of carbonyl (C=O) groups is 2. The summed E-state index contributed by atoms with van der Waals surface area (Å²) in [6.45, 7) is 2.06. The quantitative estimate of drug-likeness (QED) is 0.484. The molecule has 2 N–H and O–H groups in total. The Balaban J connectivity index is 1.59. The Morgan fingerprint density at radius 2 is 1.95 bits per heavy atom. The Morgan fingerprint density at radius 1 is 1.22 bits per heavy atom. The standard InChI is InChI=1S/C25H27ClF2N2O6S/c1-14-7-22(30(11-14)25(33)15-3-2-4-17(8-15)37(34,35)6-5-31)24(32)29-23(16-12-36-13-16)18-9-21(28)19(26)10-20(18)27/h2-4,8-10,14,16,22-23,31H,5-7,11-13H2,1H3,(H,29,32)/t14-,22-,23-/m1/s1. The van der Waals surface area contributed by atoms with Gasteiger partial charge in [0.05, 0.1) is 41.5 Å². The molecule has 2 aromatic carbocycles. The number of nitrogens with one attached hydrogen (secondary N) is 1. The number of amides is 2. The van der Waals surface area contributed by atoms with E-state index in [1.807, 2.05) is 6.92 Å². The molecule has 2 amide bonds. The molecule has 200 valence electrons. The van der Waals surface area contributed by atoms with E-state index in [2.05, 4.69) is 5.32 Å². The zero-order chi connectivity index (χ0) is 26.9. The molecule has 2 heterocycles. The van der Waals surface area contributed by atoms with E-state index in [4.69, 9.17) is 21.4 Å². The van der Waals surface area contributed by atoms with Gasteiger partial charge in [-0.2, -0.15) is 0 Å². The van der Waals surface area contributed by atoms with E-state index in [1.165, 1.54) is 29.2 Å². The number of nitrogens with zero attached hydrogens (tertiary/aromatic N) is 1. The summed E-state index contributed by atoms with van der Waals surface area (Å²) in [5.41, 5.74) is 0.0231. The molecule has 0 spiro atoms. The minimum atomic E-state index is -3.78. The lowest BCUT2D eigenvalue weighted by Crippen LogP contribution is -2.50. The number of sulfone groups is 1. The first kappa shape index (κ1) is 27.4. The van der Waals surface area contributed by atoms with E-state index in [0.29, 0.717) is 6.42 Å². The Morgan fingerprint density at radius 3 is 2.59 bits per heavy atom. The van der Waals surface area contributed by atoms with E-state index in [0.717, 1.165) is 12.1 Å². The Bertz CT molecular complexity index is 1300. The highest BCUT2D eigenvalue weighted by Crippen LogP contribution is 2.33. The van der Waals surface area contributed by atoms with Crippen molar-refractivity contribution in [2.45, 2.75) is 30.3 Å². The fourth-order valence-electron chi connectivity index (χ4n) is 4.67. The van der Waals surface area contributed by atoms with Crippen molar-refractivity contribution in [1.29, 1.82) is 0 Å². The lowest BCUT2D eigenvalue weighted by atomic mass is 9.90. The summed E-state index contributed by atoms with van der Waals surface area (Å²) in [4.78, 5) is 28.1. The monoisotopic (exact) mass is 556 g/mol. The van der Waals surface area contributed by atoms with Gasteiger partial charge < -0.3 is 20.1 Å². The van der Waals surface area contributed by atoms with E-state index in [1.54, 1.807) is 0 Å². The molecule has 2 aromatic rings. The predicted molar refractivity (Wildman–Crippen MR) is 131 cm³/mol. The zero-order valence-electron chi connectivity index (χ0n) is 20.0. The van der Waals surface area contributed by atoms with E-state index >= 15 is 0 Å². The van der Waals surface area contributed by atoms with Crippen molar-refractivity contribution in [1.82, 2.24) is 10.2 Å². The molecule has 2 fully saturated rings. The summed E-state index contributed by atoms with van der Waals surface area (Å²) in [6.07, 6.45) is 0.339. The van der Waals surface area contributed by atoms with Gasteiger partial charge in [0, 0.05) is 23.6 Å². The molecular formula is C25H27ClF2N2O6S. The summed E-state index contributed by atoms with van der Waals surface area (Å²) in [7, 11) is -3.78. The Hall–Kier alpha value is -2.60. The first-order valence-corrected chi connectivity index (χ1v) is 13.8. The van der Waals surface area contributed by atoms with Crippen LogP contribution in [0.1, 0.15) is 35.3 Å². The van der Waals surface area contributed by atoms with Gasteiger partial charge in [0.2, 0.25) is 5.91 Å². The van der Waals surface area contributed by atoms with Crippen LogP contribution in [0.15, 0.2) is 41.3 Å². The van der Waals surface area contributed by atoms with Crippen LogP contribution in [0.5, 0.6) is 0 Å². The Kier molecular flexibility index (Phi) is 8.17. The lowest BCUT2D eigenvalue weighted by Gasteiger charge is -2.36. The number of likely N-dealkylation sites (tertiary alicyclic amines) is 1. The van der Waals surface area contributed by atoms with Crippen LogP contribution < -0.4 is 5.32 Å². The summed E-state index contributed by atoms with van der Waals surface area (Å²) in [5.74, 6) is -3.46. The molecule has 0 bridgehead atoms. The molecular weight excluding hydrogens is 530 g/mol. The van der Waals surface area contributed by atoms with Crippen LogP contribution >= 0.6 is 11.6 Å². The molecule has 2 saturated heterocycles. The van der Waals surface area contributed by atoms with Gasteiger partial charge in [-0.1, -0.05) is 24.6 Å². The summed E-state index contributed by atoms with van der Waals surface area (Å²) < 4.78 is 58.8. The third-order valence-electron chi connectivity index (χ3n) is 6.68. The van der Waals surface area contributed by atoms with Crippen molar-refractivity contribution >= 4 is 33.3 Å². The predicted octanol–water partition coefficient (Wildman–Crippen LogP) is 2.74. The van der Waals surface area contributed by atoms with Crippen LogP contribution in [0.25, 0.3) is 0 Å². The summed E-state index contributed by atoms with van der Waals surface area (Å²) in [6, 6.07) is 5.47. The maximum absolute atomic E-state index is 14.7. The highest BCUT2D eigenvalue weighted by atomic mass is 35.5. The number of hydrogen-bond acceptors (Lipinski definition) is 6. The average Bonchev–Trinajstić information content (AvgIpc) is 3.21. The van der Waals surface area contributed by atoms with Gasteiger partial charge >= 0.3 is 0 Å². The molecule has 4 rings (SSSR count). The number of benzene rings is 2. The van der Waals surface area contributed by atoms with Crippen molar-refractivity contribution in [2.24, 2.45) is 11.8 Å². The SMILES string of the molecule is C[C@@H]1C[C@H](C(=O)N[C@@H](c2cc(F)c(Cl)cc2F)C2COC2)N(C(=O)c2cccc(S(=O)(=O)CCO)c2)C1. The molecule has 0 saturated carbocycles. The van der Waals surface area contributed by atoms with Crippen LogP contribution in [-0.4, -0.2) is 68.4 Å². The molecule has 2 aliphatic rings. The molecule has 12 heteroatoms. The molecule has 0 aliphatic carbocycles. The van der Waals surface area contributed by atoms with Crippen LogP contribution in [0, 0.1) is 23.5 Å². The molecule has 8 nitrogen and oxygen atoms in total. The fourth-order valence-corrected chi connectivity index (χ4v) is 5.89. The van der Waals surface area contributed by atoms with Crippen LogP contribution in [0.3, 0.4) is 0 Å². The van der Waals surface area contributed by atoms with Gasteiger partial charge in [0.1, 0.15) is 17.7 Å². The second-order valence-corrected chi connectivity index (χ2v) is 12.0. The number of halogens is 3. The maximum Gasteiger partial charge on any atom is 0.254 e.